The molecule has 2 nitrogen and oxygen atoms in total. The molecule has 2 heteroatoms. The minimum absolute atomic E-state index is 0.143. The fraction of sp³-hybridized carbons (Fsp3) is 0.417. The molecule has 1 N–H and O–H groups in total. The molecule has 0 bridgehead atoms. The van der Waals surface area contributed by atoms with Crippen LogP contribution in [-0.4, -0.2) is 11.4 Å². The predicted molar refractivity (Wildman–Crippen MR) is 56.2 cm³/mol. The summed E-state index contributed by atoms with van der Waals surface area (Å²) in [4.78, 5) is 10.4. The summed E-state index contributed by atoms with van der Waals surface area (Å²) in [6.45, 7) is 5.72. The third-order valence-electron chi connectivity index (χ3n) is 2.76. The van der Waals surface area contributed by atoms with Gasteiger partial charge in [0.1, 0.15) is 6.29 Å². The second-order valence-electron chi connectivity index (χ2n) is 4.04. The second-order valence-corrected chi connectivity index (χ2v) is 4.04. The van der Waals surface area contributed by atoms with Crippen molar-refractivity contribution in [3.63, 3.8) is 0 Å². The summed E-state index contributed by atoms with van der Waals surface area (Å²) in [6, 6.07) is 7.03. The van der Waals surface area contributed by atoms with E-state index in [9.17, 15) is 9.90 Å². The van der Waals surface area contributed by atoms with Gasteiger partial charge < -0.3 is 5.11 Å². The normalized spacial score (nSPS) is 15.2. The van der Waals surface area contributed by atoms with Crippen molar-refractivity contribution >= 4 is 6.29 Å². The van der Waals surface area contributed by atoms with E-state index in [1.165, 1.54) is 0 Å². The highest BCUT2D eigenvalue weighted by Crippen LogP contribution is 2.28. The molecule has 0 heterocycles. The number of hydrogen-bond acceptors (Lipinski definition) is 2. The summed E-state index contributed by atoms with van der Waals surface area (Å²) in [7, 11) is 0. The minimum Gasteiger partial charge on any atom is -0.385 e. The molecule has 0 spiro atoms. The number of carbonyl (C=O) groups is 1. The molecular weight excluding hydrogens is 176 g/mol. The van der Waals surface area contributed by atoms with Crippen molar-refractivity contribution in [1.82, 2.24) is 0 Å². The van der Waals surface area contributed by atoms with Crippen molar-refractivity contribution < 1.29 is 9.90 Å². The van der Waals surface area contributed by atoms with Crippen molar-refractivity contribution in [2.75, 3.05) is 0 Å². The Balaban J connectivity index is 3.02. The SMILES string of the molecule is CC(C)C(C)(O)c1ccc(C=O)cc1. The number of benzene rings is 1. The molecule has 0 radical (unpaired) electrons. The number of carbonyl (C=O) groups excluding carboxylic acids is 1. The van der Waals surface area contributed by atoms with E-state index >= 15 is 0 Å². The number of aldehydes is 1. The summed E-state index contributed by atoms with van der Waals surface area (Å²) in [6.07, 6.45) is 0.799. The molecule has 1 rings (SSSR count). The highest BCUT2D eigenvalue weighted by molar-refractivity contribution is 5.74. The first kappa shape index (κ1) is 10.9. The topological polar surface area (TPSA) is 37.3 Å². The maximum atomic E-state index is 10.4. The Bertz CT molecular complexity index is 310. The van der Waals surface area contributed by atoms with Crippen LogP contribution in [0.1, 0.15) is 36.7 Å². The van der Waals surface area contributed by atoms with E-state index in [0.717, 1.165) is 11.8 Å². The molecule has 0 aliphatic carbocycles. The molecule has 1 aromatic rings. The average Bonchev–Trinajstić information content (AvgIpc) is 2.17. The lowest BCUT2D eigenvalue weighted by Crippen LogP contribution is -2.27. The summed E-state index contributed by atoms with van der Waals surface area (Å²) in [5.41, 5.74) is 0.646. The molecule has 0 amide bonds. The molecule has 0 aliphatic heterocycles. The van der Waals surface area contributed by atoms with Crippen LogP contribution in [0.5, 0.6) is 0 Å². The monoisotopic (exact) mass is 192 g/mol. The Labute approximate surface area is 84.6 Å². The molecule has 0 aromatic heterocycles. The van der Waals surface area contributed by atoms with Gasteiger partial charge in [0.15, 0.2) is 0 Å². The lowest BCUT2D eigenvalue weighted by Gasteiger charge is -2.28. The van der Waals surface area contributed by atoms with Crippen LogP contribution in [0.3, 0.4) is 0 Å². The molecule has 1 atom stereocenters. The van der Waals surface area contributed by atoms with Gasteiger partial charge in [0.25, 0.3) is 0 Å². The maximum Gasteiger partial charge on any atom is 0.150 e. The van der Waals surface area contributed by atoms with Gasteiger partial charge in [-0.05, 0) is 18.4 Å². The Hall–Kier alpha value is -1.15. The van der Waals surface area contributed by atoms with Crippen LogP contribution < -0.4 is 0 Å². The van der Waals surface area contributed by atoms with Crippen molar-refractivity contribution in [3.8, 4) is 0 Å². The van der Waals surface area contributed by atoms with Crippen molar-refractivity contribution in [2.45, 2.75) is 26.4 Å². The van der Waals surface area contributed by atoms with Gasteiger partial charge in [0.2, 0.25) is 0 Å². The smallest absolute Gasteiger partial charge is 0.150 e. The van der Waals surface area contributed by atoms with Crippen LogP contribution >= 0.6 is 0 Å². The fourth-order valence-electron chi connectivity index (χ4n) is 1.23. The van der Waals surface area contributed by atoms with Gasteiger partial charge in [-0.2, -0.15) is 0 Å². The van der Waals surface area contributed by atoms with Gasteiger partial charge in [-0.3, -0.25) is 4.79 Å². The van der Waals surface area contributed by atoms with E-state index in [2.05, 4.69) is 0 Å². The molecule has 14 heavy (non-hydrogen) atoms. The Morgan fingerprint density at radius 1 is 1.29 bits per heavy atom. The summed E-state index contributed by atoms with van der Waals surface area (Å²) >= 11 is 0. The van der Waals surface area contributed by atoms with Crippen LogP contribution in [0.2, 0.25) is 0 Å². The first-order chi connectivity index (χ1) is 6.48. The Morgan fingerprint density at radius 2 is 1.79 bits per heavy atom. The molecule has 0 saturated heterocycles. The molecule has 0 fully saturated rings. The van der Waals surface area contributed by atoms with Crippen LogP contribution in [0.25, 0.3) is 0 Å². The molecule has 0 saturated carbocycles. The van der Waals surface area contributed by atoms with Crippen molar-refractivity contribution in [3.05, 3.63) is 35.4 Å². The van der Waals surface area contributed by atoms with E-state index in [-0.39, 0.29) is 5.92 Å². The quantitative estimate of drug-likeness (QED) is 0.746. The van der Waals surface area contributed by atoms with Gasteiger partial charge in [-0.25, -0.2) is 0 Å². The van der Waals surface area contributed by atoms with Crippen molar-refractivity contribution in [2.24, 2.45) is 5.92 Å². The number of aliphatic hydroxyl groups is 1. The lowest BCUT2D eigenvalue weighted by molar-refractivity contribution is 0.00904. The largest absolute Gasteiger partial charge is 0.385 e. The zero-order valence-corrected chi connectivity index (χ0v) is 8.82. The van der Waals surface area contributed by atoms with Gasteiger partial charge in [0, 0.05) is 5.56 Å². The summed E-state index contributed by atoms with van der Waals surface area (Å²) < 4.78 is 0. The van der Waals surface area contributed by atoms with Crippen LogP contribution in [0.4, 0.5) is 0 Å². The highest BCUT2D eigenvalue weighted by atomic mass is 16.3. The van der Waals surface area contributed by atoms with Crippen LogP contribution in [0, 0.1) is 5.92 Å². The number of hydrogen-bond donors (Lipinski definition) is 1. The first-order valence-corrected chi connectivity index (χ1v) is 4.76. The van der Waals surface area contributed by atoms with E-state index in [0.29, 0.717) is 5.56 Å². The molecule has 76 valence electrons. The van der Waals surface area contributed by atoms with Crippen molar-refractivity contribution in [1.29, 1.82) is 0 Å². The van der Waals surface area contributed by atoms with E-state index < -0.39 is 5.60 Å². The molecular formula is C12H16O2. The maximum absolute atomic E-state index is 10.4. The van der Waals surface area contributed by atoms with Gasteiger partial charge >= 0.3 is 0 Å². The van der Waals surface area contributed by atoms with Crippen LogP contribution in [-0.2, 0) is 5.60 Å². The third kappa shape index (κ3) is 2.02. The summed E-state index contributed by atoms with van der Waals surface area (Å²) in [5, 5.41) is 10.1. The van der Waals surface area contributed by atoms with E-state index in [1.54, 1.807) is 31.2 Å². The van der Waals surface area contributed by atoms with Crippen LogP contribution in [0.15, 0.2) is 24.3 Å². The average molecular weight is 192 g/mol. The zero-order chi connectivity index (χ0) is 10.8. The summed E-state index contributed by atoms with van der Waals surface area (Å²) in [5.74, 6) is 0.143. The predicted octanol–water partition coefficient (Wildman–Crippen LogP) is 2.36. The minimum atomic E-state index is -0.832. The van der Waals surface area contributed by atoms with Gasteiger partial charge in [0.05, 0.1) is 5.60 Å². The van der Waals surface area contributed by atoms with Gasteiger partial charge in [-0.15, -0.1) is 0 Å². The lowest BCUT2D eigenvalue weighted by atomic mass is 9.85. The molecule has 1 unspecified atom stereocenters. The number of rotatable bonds is 3. The van der Waals surface area contributed by atoms with Gasteiger partial charge in [-0.1, -0.05) is 38.1 Å². The zero-order valence-electron chi connectivity index (χ0n) is 8.82. The Kier molecular flexibility index (Phi) is 3.06. The van der Waals surface area contributed by atoms with E-state index in [4.69, 9.17) is 0 Å². The molecule has 1 aromatic carbocycles. The fourth-order valence-corrected chi connectivity index (χ4v) is 1.23. The van der Waals surface area contributed by atoms with E-state index in [1.807, 2.05) is 13.8 Å². The standard InChI is InChI=1S/C12H16O2/c1-9(2)12(3,14)11-6-4-10(8-13)5-7-11/h4-9,14H,1-3H3. The highest BCUT2D eigenvalue weighted by Gasteiger charge is 2.26. The first-order valence-electron chi connectivity index (χ1n) is 4.76. The molecule has 0 aliphatic rings. The third-order valence-corrected chi connectivity index (χ3v) is 2.76. The Morgan fingerprint density at radius 3 is 2.14 bits per heavy atom. The second kappa shape index (κ2) is 3.93.